The van der Waals surface area contributed by atoms with Gasteiger partial charge in [0.15, 0.2) is 0 Å². The standard InChI is InChI=1S/C20H27N3O5S/c1-13-10-16(22-18(25)15(21-12-24)8-9-29-2)19(26)23(13)17(20(27)28)11-14-6-4-3-5-7-14/h3-7,12-13,15-17H,8-11H2,1-2H3,(H,21,24)(H,22,25)(H,27,28). The van der Waals surface area contributed by atoms with Gasteiger partial charge in [-0.2, -0.15) is 11.8 Å². The number of hydrogen-bond donors (Lipinski definition) is 3. The Bertz CT molecular complexity index is 730. The molecule has 0 spiro atoms. The molecule has 1 aliphatic heterocycles. The van der Waals surface area contributed by atoms with Crippen LogP contribution in [0.5, 0.6) is 0 Å². The minimum Gasteiger partial charge on any atom is -0.480 e. The molecule has 29 heavy (non-hydrogen) atoms. The quantitative estimate of drug-likeness (QED) is 0.452. The number of aliphatic carboxylic acids is 1. The van der Waals surface area contributed by atoms with E-state index < -0.39 is 35.9 Å². The van der Waals surface area contributed by atoms with Crippen LogP contribution < -0.4 is 10.6 Å². The number of carboxylic acid groups (broad SMARTS) is 1. The zero-order chi connectivity index (χ0) is 21.4. The van der Waals surface area contributed by atoms with Crippen LogP contribution >= 0.6 is 11.8 Å². The molecule has 3 amide bonds. The van der Waals surface area contributed by atoms with Crippen molar-refractivity contribution in [3.05, 3.63) is 35.9 Å². The first-order valence-corrected chi connectivity index (χ1v) is 10.9. The maximum absolute atomic E-state index is 12.9. The topological polar surface area (TPSA) is 116 Å². The Balaban J connectivity index is 2.10. The largest absolute Gasteiger partial charge is 0.480 e. The molecule has 0 aliphatic carbocycles. The first kappa shape index (κ1) is 22.7. The zero-order valence-corrected chi connectivity index (χ0v) is 17.4. The van der Waals surface area contributed by atoms with Crippen molar-refractivity contribution >= 4 is 36.0 Å². The molecular formula is C20H27N3O5S. The molecule has 3 N–H and O–H groups in total. The lowest BCUT2D eigenvalue weighted by Crippen LogP contribution is -2.52. The molecule has 1 saturated heterocycles. The van der Waals surface area contributed by atoms with E-state index in [-0.39, 0.29) is 12.5 Å². The molecular weight excluding hydrogens is 394 g/mol. The number of hydrogen-bond acceptors (Lipinski definition) is 5. The molecule has 1 aromatic carbocycles. The van der Waals surface area contributed by atoms with Gasteiger partial charge in [0.1, 0.15) is 18.1 Å². The number of nitrogens with one attached hydrogen (secondary N) is 2. The van der Waals surface area contributed by atoms with E-state index in [2.05, 4.69) is 10.6 Å². The Morgan fingerprint density at radius 1 is 1.34 bits per heavy atom. The lowest BCUT2D eigenvalue weighted by atomic mass is 10.0. The van der Waals surface area contributed by atoms with Crippen LogP contribution in [0.15, 0.2) is 30.3 Å². The number of carbonyl (C=O) groups excluding carboxylic acids is 3. The van der Waals surface area contributed by atoms with Gasteiger partial charge in [0.25, 0.3) is 0 Å². The molecule has 2 rings (SSSR count). The molecule has 8 nitrogen and oxygen atoms in total. The monoisotopic (exact) mass is 421 g/mol. The van der Waals surface area contributed by atoms with Crippen molar-refractivity contribution in [3.63, 3.8) is 0 Å². The summed E-state index contributed by atoms with van der Waals surface area (Å²) in [6.45, 7) is 1.78. The number of likely N-dealkylation sites (tertiary alicyclic amines) is 1. The summed E-state index contributed by atoms with van der Waals surface area (Å²) in [6, 6.07) is 6.25. The molecule has 1 aliphatic rings. The smallest absolute Gasteiger partial charge is 0.326 e. The summed E-state index contributed by atoms with van der Waals surface area (Å²) in [5.74, 6) is -1.25. The highest BCUT2D eigenvalue weighted by Gasteiger charge is 2.44. The molecule has 0 bridgehead atoms. The normalized spacial score (nSPS) is 20.8. The molecule has 9 heteroatoms. The Morgan fingerprint density at radius 3 is 2.62 bits per heavy atom. The number of thioether (sulfide) groups is 1. The van der Waals surface area contributed by atoms with Crippen molar-refractivity contribution in [1.82, 2.24) is 15.5 Å². The highest BCUT2D eigenvalue weighted by molar-refractivity contribution is 7.98. The fraction of sp³-hybridized carbons (Fsp3) is 0.500. The van der Waals surface area contributed by atoms with Crippen LogP contribution in [0.2, 0.25) is 0 Å². The fourth-order valence-corrected chi connectivity index (χ4v) is 4.03. The van der Waals surface area contributed by atoms with E-state index in [0.29, 0.717) is 25.0 Å². The van der Waals surface area contributed by atoms with Crippen LogP contribution in [0.25, 0.3) is 0 Å². The number of benzene rings is 1. The molecule has 1 fully saturated rings. The zero-order valence-electron chi connectivity index (χ0n) is 16.5. The average molecular weight is 422 g/mol. The predicted molar refractivity (Wildman–Crippen MR) is 110 cm³/mol. The Kier molecular flexibility index (Phi) is 8.50. The molecule has 158 valence electrons. The lowest BCUT2D eigenvalue weighted by molar-refractivity contribution is -0.150. The summed E-state index contributed by atoms with van der Waals surface area (Å²) in [6.07, 6.45) is 3.32. The number of amides is 3. The van der Waals surface area contributed by atoms with Crippen LogP contribution in [0, 0.1) is 0 Å². The van der Waals surface area contributed by atoms with Crippen LogP contribution in [0.1, 0.15) is 25.3 Å². The van der Waals surface area contributed by atoms with Gasteiger partial charge in [-0.1, -0.05) is 30.3 Å². The SMILES string of the molecule is CSCCC(NC=O)C(=O)NC1CC(C)N(C(Cc2ccccc2)C(=O)O)C1=O. The lowest BCUT2D eigenvalue weighted by Gasteiger charge is -2.29. The third-order valence-electron chi connectivity index (χ3n) is 5.01. The van der Waals surface area contributed by atoms with E-state index in [9.17, 15) is 24.3 Å². The van der Waals surface area contributed by atoms with Crippen LogP contribution in [0.3, 0.4) is 0 Å². The number of carbonyl (C=O) groups is 4. The molecule has 1 aromatic rings. The first-order valence-electron chi connectivity index (χ1n) is 9.47. The minimum atomic E-state index is -1.08. The third-order valence-corrected chi connectivity index (χ3v) is 5.65. The van der Waals surface area contributed by atoms with E-state index in [0.717, 1.165) is 5.56 Å². The van der Waals surface area contributed by atoms with Gasteiger partial charge in [-0.15, -0.1) is 0 Å². The van der Waals surface area contributed by atoms with Crippen LogP contribution in [-0.2, 0) is 25.6 Å². The van der Waals surface area contributed by atoms with Gasteiger partial charge < -0.3 is 20.6 Å². The van der Waals surface area contributed by atoms with Crippen molar-refractivity contribution in [2.24, 2.45) is 0 Å². The van der Waals surface area contributed by atoms with Gasteiger partial charge in [0.05, 0.1) is 0 Å². The van der Waals surface area contributed by atoms with Gasteiger partial charge in [-0.25, -0.2) is 4.79 Å². The van der Waals surface area contributed by atoms with E-state index in [1.54, 1.807) is 18.7 Å². The van der Waals surface area contributed by atoms with Crippen molar-refractivity contribution < 1.29 is 24.3 Å². The van der Waals surface area contributed by atoms with Gasteiger partial charge >= 0.3 is 5.97 Å². The summed E-state index contributed by atoms with van der Waals surface area (Å²) < 4.78 is 0. The van der Waals surface area contributed by atoms with Gasteiger partial charge in [-0.3, -0.25) is 14.4 Å². The van der Waals surface area contributed by atoms with E-state index >= 15 is 0 Å². The van der Waals surface area contributed by atoms with Gasteiger partial charge in [-0.05, 0) is 37.3 Å². The average Bonchev–Trinajstić information content (AvgIpc) is 2.97. The molecule has 0 aromatic heterocycles. The van der Waals surface area contributed by atoms with E-state index in [4.69, 9.17) is 0 Å². The molecule has 4 unspecified atom stereocenters. The third kappa shape index (κ3) is 5.96. The Morgan fingerprint density at radius 2 is 2.03 bits per heavy atom. The number of nitrogens with zero attached hydrogens (tertiary/aromatic N) is 1. The predicted octanol–water partition coefficient (Wildman–Crippen LogP) is 0.656. The maximum atomic E-state index is 12.9. The van der Waals surface area contributed by atoms with E-state index in [1.807, 2.05) is 36.6 Å². The Hall–Kier alpha value is -2.55. The second kappa shape index (κ2) is 10.8. The second-order valence-corrected chi connectivity index (χ2v) is 8.04. The summed E-state index contributed by atoms with van der Waals surface area (Å²) in [7, 11) is 0. The van der Waals surface area contributed by atoms with Crippen molar-refractivity contribution in [3.8, 4) is 0 Å². The fourth-order valence-electron chi connectivity index (χ4n) is 3.56. The minimum absolute atomic E-state index is 0.190. The maximum Gasteiger partial charge on any atom is 0.326 e. The second-order valence-electron chi connectivity index (χ2n) is 7.05. The molecule has 0 saturated carbocycles. The van der Waals surface area contributed by atoms with Crippen molar-refractivity contribution in [1.29, 1.82) is 0 Å². The highest BCUT2D eigenvalue weighted by atomic mass is 32.2. The van der Waals surface area contributed by atoms with Gasteiger partial charge in [0, 0.05) is 12.5 Å². The first-order chi connectivity index (χ1) is 13.9. The van der Waals surface area contributed by atoms with Crippen LogP contribution in [0.4, 0.5) is 0 Å². The summed E-state index contributed by atoms with van der Waals surface area (Å²) in [5.41, 5.74) is 0.819. The van der Waals surface area contributed by atoms with E-state index in [1.165, 1.54) is 4.90 Å². The number of rotatable bonds is 11. The number of carboxylic acids is 1. The molecule has 0 radical (unpaired) electrons. The highest BCUT2D eigenvalue weighted by Crippen LogP contribution is 2.24. The molecule has 1 heterocycles. The van der Waals surface area contributed by atoms with Gasteiger partial charge in [0.2, 0.25) is 18.2 Å². The van der Waals surface area contributed by atoms with Crippen molar-refractivity contribution in [2.45, 2.75) is 50.4 Å². The van der Waals surface area contributed by atoms with Crippen LogP contribution in [-0.4, -0.2) is 70.4 Å². The molecule has 4 atom stereocenters. The summed E-state index contributed by atoms with van der Waals surface area (Å²) in [5, 5.41) is 14.9. The van der Waals surface area contributed by atoms with Crippen molar-refractivity contribution in [2.75, 3.05) is 12.0 Å². The summed E-state index contributed by atoms with van der Waals surface area (Å²) in [4.78, 5) is 49.5. The Labute approximate surface area is 174 Å². The summed E-state index contributed by atoms with van der Waals surface area (Å²) >= 11 is 1.55.